The lowest BCUT2D eigenvalue weighted by atomic mass is 10.2. The second kappa shape index (κ2) is 6.46. The summed E-state index contributed by atoms with van der Waals surface area (Å²) in [5.41, 5.74) is 0.750. The summed E-state index contributed by atoms with van der Waals surface area (Å²) in [6.45, 7) is 1.78. The van der Waals surface area contributed by atoms with Crippen molar-refractivity contribution in [2.75, 3.05) is 7.05 Å². The van der Waals surface area contributed by atoms with Crippen molar-refractivity contribution in [1.29, 1.82) is 0 Å². The lowest BCUT2D eigenvalue weighted by Gasteiger charge is -2.17. The molecule has 1 aromatic heterocycles. The van der Waals surface area contributed by atoms with E-state index in [1.807, 2.05) is 6.07 Å². The van der Waals surface area contributed by atoms with Crippen LogP contribution in [0.3, 0.4) is 0 Å². The van der Waals surface area contributed by atoms with Crippen LogP contribution in [0.4, 0.5) is 0 Å². The zero-order valence-electron chi connectivity index (χ0n) is 11.7. The van der Waals surface area contributed by atoms with Gasteiger partial charge >= 0.3 is 0 Å². The van der Waals surface area contributed by atoms with E-state index in [-0.39, 0.29) is 18.0 Å². The number of thiophene rings is 1. The fraction of sp³-hybridized carbons (Fsp3) is 0.286. The highest BCUT2D eigenvalue weighted by Crippen LogP contribution is 2.29. The van der Waals surface area contributed by atoms with Crippen molar-refractivity contribution in [3.63, 3.8) is 0 Å². The maximum Gasteiger partial charge on any atom is 0.244 e. The summed E-state index contributed by atoms with van der Waals surface area (Å²) in [6.07, 6.45) is 0. The molecule has 0 bridgehead atoms. The van der Waals surface area contributed by atoms with Crippen molar-refractivity contribution in [2.45, 2.75) is 25.0 Å². The van der Waals surface area contributed by atoms with Gasteiger partial charge in [0, 0.05) is 28.4 Å². The van der Waals surface area contributed by atoms with Gasteiger partial charge < -0.3 is 5.11 Å². The van der Waals surface area contributed by atoms with Crippen LogP contribution >= 0.6 is 22.9 Å². The smallest absolute Gasteiger partial charge is 0.244 e. The van der Waals surface area contributed by atoms with Crippen molar-refractivity contribution >= 4 is 33.0 Å². The summed E-state index contributed by atoms with van der Waals surface area (Å²) in [6, 6.07) is 8.68. The fourth-order valence-electron chi connectivity index (χ4n) is 1.98. The zero-order chi connectivity index (χ0) is 15.6. The van der Waals surface area contributed by atoms with E-state index in [4.69, 9.17) is 16.7 Å². The number of aryl methyl sites for hydroxylation is 1. The van der Waals surface area contributed by atoms with E-state index >= 15 is 0 Å². The van der Waals surface area contributed by atoms with Gasteiger partial charge in [-0.1, -0.05) is 29.8 Å². The Morgan fingerprint density at radius 2 is 2.00 bits per heavy atom. The summed E-state index contributed by atoms with van der Waals surface area (Å²) < 4.78 is 26.5. The van der Waals surface area contributed by atoms with Crippen molar-refractivity contribution in [3.8, 4) is 0 Å². The average Bonchev–Trinajstić information content (AvgIpc) is 2.83. The Bertz CT molecular complexity index is 740. The molecule has 0 saturated heterocycles. The number of benzene rings is 1. The van der Waals surface area contributed by atoms with Gasteiger partial charge in [0.15, 0.2) is 0 Å². The molecule has 0 aliphatic carbocycles. The minimum absolute atomic E-state index is 0.157. The largest absolute Gasteiger partial charge is 0.391 e. The molecule has 1 aromatic carbocycles. The number of hydrogen-bond acceptors (Lipinski definition) is 4. The number of halogens is 1. The van der Waals surface area contributed by atoms with Gasteiger partial charge in [0.05, 0.1) is 11.5 Å². The van der Waals surface area contributed by atoms with Gasteiger partial charge in [0.1, 0.15) is 0 Å². The van der Waals surface area contributed by atoms with Crippen molar-refractivity contribution in [2.24, 2.45) is 0 Å². The van der Waals surface area contributed by atoms with Crippen LogP contribution in [0.25, 0.3) is 0 Å². The molecule has 0 atom stereocenters. The number of hydrogen-bond donors (Lipinski definition) is 1. The average molecular weight is 346 g/mol. The van der Waals surface area contributed by atoms with E-state index in [2.05, 4.69) is 0 Å². The van der Waals surface area contributed by atoms with Gasteiger partial charge in [-0.3, -0.25) is 0 Å². The standard InChI is InChI=1S/C14H16ClNO3S2/c1-10-14(7-12(9-17)20-10)21(18,19)16(2)8-11-5-3-4-6-13(11)15/h3-7,17H,8-9H2,1-2H3. The summed E-state index contributed by atoms with van der Waals surface area (Å²) in [4.78, 5) is 1.55. The normalized spacial score (nSPS) is 12.0. The van der Waals surface area contributed by atoms with Crippen LogP contribution in [0.2, 0.25) is 5.02 Å². The first kappa shape index (κ1) is 16.5. The van der Waals surface area contributed by atoms with Crippen molar-refractivity contribution in [3.05, 3.63) is 50.7 Å². The molecule has 0 aliphatic heterocycles. The predicted molar refractivity (Wildman–Crippen MR) is 85.1 cm³/mol. The van der Waals surface area contributed by atoms with Crippen molar-refractivity contribution in [1.82, 2.24) is 4.31 Å². The molecule has 21 heavy (non-hydrogen) atoms. The molecule has 114 valence electrons. The van der Waals surface area contributed by atoms with Gasteiger partial charge in [-0.25, -0.2) is 8.42 Å². The highest BCUT2D eigenvalue weighted by Gasteiger charge is 2.25. The predicted octanol–water partition coefficient (Wildman–Crippen LogP) is 3.02. The Hall–Kier alpha value is -0.920. The Labute approximate surface area is 133 Å². The molecule has 2 aromatic rings. The highest BCUT2D eigenvalue weighted by atomic mass is 35.5. The fourth-order valence-corrected chi connectivity index (χ4v) is 4.78. The summed E-state index contributed by atoms with van der Waals surface area (Å²) >= 11 is 7.36. The Morgan fingerprint density at radius 1 is 1.33 bits per heavy atom. The van der Waals surface area contributed by atoms with Crippen LogP contribution in [0.5, 0.6) is 0 Å². The summed E-state index contributed by atoms with van der Waals surface area (Å²) in [5.74, 6) is 0. The zero-order valence-corrected chi connectivity index (χ0v) is 14.1. The van der Waals surface area contributed by atoms with Crippen LogP contribution in [-0.2, 0) is 23.2 Å². The first-order valence-electron chi connectivity index (χ1n) is 6.26. The van der Waals surface area contributed by atoms with Crippen LogP contribution < -0.4 is 0 Å². The lowest BCUT2D eigenvalue weighted by Crippen LogP contribution is -2.26. The lowest BCUT2D eigenvalue weighted by molar-refractivity contribution is 0.285. The molecule has 0 saturated carbocycles. The van der Waals surface area contributed by atoms with Gasteiger partial charge in [-0.2, -0.15) is 4.31 Å². The van der Waals surface area contributed by atoms with E-state index in [0.29, 0.717) is 14.8 Å². The maximum absolute atomic E-state index is 12.6. The first-order valence-corrected chi connectivity index (χ1v) is 8.89. The van der Waals surface area contributed by atoms with E-state index in [1.165, 1.54) is 28.8 Å². The number of rotatable bonds is 5. The molecule has 4 nitrogen and oxygen atoms in total. The molecule has 2 rings (SSSR count). The second-order valence-electron chi connectivity index (χ2n) is 4.64. The van der Waals surface area contributed by atoms with Crippen LogP contribution in [0.1, 0.15) is 15.3 Å². The van der Waals surface area contributed by atoms with Gasteiger partial charge in [0.25, 0.3) is 0 Å². The van der Waals surface area contributed by atoms with Crippen molar-refractivity contribution < 1.29 is 13.5 Å². The number of aliphatic hydroxyl groups is 1. The minimum atomic E-state index is -3.60. The second-order valence-corrected chi connectivity index (χ2v) is 8.41. The molecule has 0 amide bonds. The van der Waals surface area contributed by atoms with E-state index in [1.54, 1.807) is 25.1 Å². The Kier molecular flexibility index (Phi) is 5.06. The number of aliphatic hydroxyl groups excluding tert-OH is 1. The summed E-state index contributed by atoms with van der Waals surface area (Å²) in [7, 11) is -2.08. The minimum Gasteiger partial charge on any atom is -0.391 e. The van der Waals surface area contributed by atoms with Crippen LogP contribution in [0, 0.1) is 6.92 Å². The summed E-state index contributed by atoms with van der Waals surface area (Å²) in [5, 5.41) is 9.68. The van der Waals surface area contributed by atoms with Crippen LogP contribution in [0.15, 0.2) is 35.2 Å². The number of sulfonamides is 1. The first-order chi connectivity index (χ1) is 9.86. The molecule has 0 fully saturated rings. The van der Waals surface area contributed by atoms with E-state index in [0.717, 1.165) is 5.56 Å². The third kappa shape index (κ3) is 3.46. The number of nitrogens with zero attached hydrogens (tertiary/aromatic N) is 1. The molecule has 0 aliphatic rings. The van der Waals surface area contributed by atoms with E-state index < -0.39 is 10.0 Å². The van der Waals surface area contributed by atoms with Gasteiger partial charge in [-0.05, 0) is 24.6 Å². The third-order valence-corrected chi connectivity index (χ3v) is 6.58. The molecule has 0 radical (unpaired) electrons. The quantitative estimate of drug-likeness (QED) is 0.906. The van der Waals surface area contributed by atoms with Gasteiger partial charge in [-0.15, -0.1) is 11.3 Å². The Morgan fingerprint density at radius 3 is 2.57 bits per heavy atom. The SMILES string of the molecule is Cc1sc(CO)cc1S(=O)(=O)N(C)Cc1ccccc1Cl. The monoisotopic (exact) mass is 345 g/mol. The molecule has 1 N–H and O–H groups in total. The molecule has 0 spiro atoms. The van der Waals surface area contributed by atoms with Crippen LogP contribution in [-0.4, -0.2) is 24.9 Å². The maximum atomic E-state index is 12.6. The van der Waals surface area contributed by atoms with Gasteiger partial charge in [0.2, 0.25) is 10.0 Å². The molecule has 0 unspecified atom stereocenters. The Balaban J connectivity index is 2.30. The molecule has 7 heteroatoms. The highest BCUT2D eigenvalue weighted by molar-refractivity contribution is 7.89. The van der Waals surface area contributed by atoms with E-state index in [9.17, 15) is 8.42 Å². The molecule has 1 heterocycles. The topological polar surface area (TPSA) is 57.6 Å². The molecular weight excluding hydrogens is 330 g/mol. The molecular formula is C14H16ClNO3S2. The third-order valence-electron chi connectivity index (χ3n) is 3.12.